The van der Waals surface area contributed by atoms with Gasteiger partial charge in [0, 0.05) is 12.0 Å². The maximum absolute atomic E-state index is 11.7. The highest BCUT2D eigenvalue weighted by Gasteiger charge is 2.24. The van der Waals surface area contributed by atoms with Gasteiger partial charge in [0.05, 0.1) is 17.0 Å². The third kappa shape index (κ3) is 1.66. The van der Waals surface area contributed by atoms with Crippen LogP contribution in [0.25, 0.3) is 11.4 Å². The van der Waals surface area contributed by atoms with Gasteiger partial charge in [0.1, 0.15) is 5.75 Å². The Kier molecular flexibility index (Phi) is 2.37. The SMILES string of the molecule is Cc1nc(-c2ccc(O)cc2)nc2c1C(=O)CC2. The number of phenolic OH excluding ortho intramolecular Hbond substituents is 1. The van der Waals surface area contributed by atoms with Gasteiger partial charge in [-0.1, -0.05) is 0 Å². The Balaban J connectivity index is 2.12. The Bertz CT molecular complexity index is 633. The van der Waals surface area contributed by atoms with Gasteiger partial charge in [0.2, 0.25) is 0 Å². The zero-order chi connectivity index (χ0) is 12.7. The summed E-state index contributed by atoms with van der Waals surface area (Å²) in [6, 6.07) is 6.75. The molecule has 0 fully saturated rings. The van der Waals surface area contributed by atoms with Crippen LogP contribution in [0.15, 0.2) is 24.3 Å². The first-order valence-corrected chi connectivity index (χ1v) is 5.85. The van der Waals surface area contributed by atoms with Crippen LogP contribution in [-0.4, -0.2) is 20.9 Å². The number of nitrogens with zero attached hydrogens (tertiary/aromatic N) is 2. The number of hydrogen-bond acceptors (Lipinski definition) is 4. The zero-order valence-corrected chi connectivity index (χ0v) is 9.97. The number of phenols is 1. The van der Waals surface area contributed by atoms with Crippen molar-refractivity contribution in [3.8, 4) is 17.1 Å². The number of hydrogen-bond donors (Lipinski definition) is 1. The molecule has 90 valence electrons. The predicted molar refractivity (Wildman–Crippen MR) is 66.5 cm³/mol. The number of aromatic nitrogens is 2. The first-order valence-electron chi connectivity index (χ1n) is 5.85. The second-order valence-corrected chi connectivity index (χ2v) is 4.42. The molecule has 1 aromatic carbocycles. The molecular weight excluding hydrogens is 228 g/mol. The van der Waals surface area contributed by atoms with Gasteiger partial charge >= 0.3 is 0 Å². The molecule has 0 radical (unpaired) electrons. The summed E-state index contributed by atoms with van der Waals surface area (Å²) in [6.07, 6.45) is 1.23. The molecule has 1 aromatic heterocycles. The molecule has 0 unspecified atom stereocenters. The summed E-state index contributed by atoms with van der Waals surface area (Å²) in [5.74, 6) is 0.965. The molecule has 0 amide bonds. The molecule has 2 aromatic rings. The Morgan fingerprint density at radius 2 is 1.83 bits per heavy atom. The van der Waals surface area contributed by atoms with Gasteiger partial charge in [0.25, 0.3) is 0 Å². The standard InChI is InChI=1S/C14H12N2O2/c1-8-13-11(6-7-12(13)18)16-14(15-8)9-2-4-10(17)5-3-9/h2-5,17H,6-7H2,1H3. The number of benzene rings is 1. The van der Waals surface area contributed by atoms with Crippen LogP contribution in [-0.2, 0) is 6.42 Å². The molecule has 1 aliphatic carbocycles. The molecule has 4 heteroatoms. The highest BCUT2D eigenvalue weighted by Crippen LogP contribution is 2.26. The minimum Gasteiger partial charge on any atom is -0.508 e. The van der Waals surface area contributed by atoms with E-state index >= 15 is 0 Å². The molecule has 0 saturated carbocycles. The van der Waals surface area contributed by atoms with Crippen molar-refractivity contribution in [3.63, 3.8) is 0 Å². The van der Waals surface area contributed by atoms with Gasteiger partial charge in [0.15, 0.2) is 11.6 Å². The fourth-order valence-electron chi connectivity index (χ4n) is 2.27. The molecule has 1 aliphatic rings. The molecular formula is C14H12N2O2. The van der Waals surface area contributed by atoms with E-state index in [0.29, 0.717) is 24.2 Å². The van der Waals surface area contributed by atoms with Crippen molar-refractivity contribution in [2.45, 2.75) is 19.8 Å². The molecule has 4 nitrogen and oxygen atoms in total. The number of Topliss-reactive ketones (excluding diaryl/α,β-unsaturated/α-hetero) is 1. The van der Waals surface area contributed by atoms with E-state index in [9.17, 15) is 9.90 Å². The van der Waals surface area contributed by atoms with Gasteiger partial charge in [-0.2, -0.15) is 0 Å². The number of rotatable bonds is 1. The summed E-state index contributed by atoms with van der Waals surface area (Å²) < 4.78 is 0. The van der Waals surface area contributed by atoms with Crippen LogP contribution >= 0.6 is 0 Å². The van der Waals surface area contributed by atoms with Crippen molar-refractivity contribution in [2.24, 2.45) is 0 Å². The number of ketones is 1. The average Bonchev–Trinajstić information content (AvgIpc) is 2.72. The number of aromatic hydroxyl groups is 1. The summed E-state index contributed by atoms with van der Waals surface area (Å²) in [7, 11) is 0. The Morgan fingerprint density at radius 3 is 2.56 bits per heavy atom. The summed E-state index contributed by atoms with van der Waals surface area (Å²) in [6.45, 7) is 1.84. The lowest BCUT2D eigenvalue weighted by atomic mass is 10.1. The van der Waals surface area contributed by atoms with E-state index in [1.165, 1.54) is 0 Å². The fraction of sp³-hybridized carbons (Fsp3) is 0.214. The van der Waals surface area contributed by atoms with Gasteiger partial charge in [-0.25, -0.2) is 9.97 Å². The van der Waals surface area contributed by atoms with Gasteiger partial charge in [-0.3, -0.25) is 4.79 Å². The van der Waals surface area contributed by atoms with Crippen molar-refractivity contribution in [1.82, 2.24) is 9.97 Å². The maximum atomic E-state index is 11.7. The molecule has 3 rings (SSSR count). The lowest BCUT2D eigenvalue weighted by molar-refractivity contribution is 0.0993. The van der Waals surface area contributed by atoms with Gasteiger partial charge < -0.3 is 5.11 Å². The van der Waals surface area contributed by atoms with Crippen LogP contribution in [0.3, 0.4) is 0 Å². The average molecular weight is 240 g/mol. The third-order valence-corrected chi connectivity index (χ3v) is 3.16. The molecule has 0 saturated heterocycles. The molecule has 1 N–H and O–H groups in total. The van der Waals surface area contributed by atoms with Crippen molar-refractivity contribution >= 4 is 5.78 Å². The van der Waals surface area contributed by atoms with Crippen LogP contribution in [0.2, 0.25) is 0 Å². The minimum atomic E-state index is 0.139. The normalized spacial score (nSPS) is 13.7. The molecule has 0 bridgehead atoms. The van der Waals surface area contributed by atoms with Crippen LogP contribution < -0.4 is 0 Å². The van der Waals surface area contributed by atoms with Crippen molar-refractivity contribution in [2.75, 3.05) is 0 Å². The monoisotopic (exact) mass is 240 g/mol. The Hall–Kier alpha value is -2.23. The number of carbonyl (C=O) groups excluding carboxylic acids is 1. The van der Waals surface area contributed by atoms with Crippen LogP contribution in [0.4, 0.5) is 0 Å². The van der Waals surface area contributed by atoms with E-state index in [0.717, 1.165) is 17.0 Å². The molecule has 0 atom stereocenters. The number of fused-ring (bicyclic) bond motifs is 1. The second kappa shape index (κ2) is 3.91. The van der Waals surface area contributed by atoms with E-state index in [4.69, 9.17) is 0 Å². The Labute approximate surface area is 104 Å². The third-order valence-electron chi connectivity index (χ3n) is 3.16. The second-order valence-electron chi connectivity index (χ2n) is 4.42. The smallest absolute Gasteiger partial charge is 0.166 e. The highest BCUT2D eigenvalue weighted by molar-refractivity contribution is 6.00. The van der Waals surface area contributed by atoms with Crippen LogP contribution in [0.5, 0.6) is 5.75 Å². The molecule has 0 aliphatic heterocycles. The zero-order valence-electron chi connectivity index (χ0n) is 9.97. The fourth-order valence-corrected chi connectivity index (χ4v) is 2.27. The topological polar surface area (TPSA) is 63.1 Å². The number of aryl methyl sites for hydroxylation is 2. The number of carbonyl (C=O) groups is 1. The predicted octanol–water partition coefficient (Wildman–Crippen LogP) is 2.29. The first kappa shape index (κ1) is 10.9. The summed E-state index contributed by atoms with van der Waals surface area (Å²) >= 11 is 0. The lowest BCUT2D eigenvalue weighted by Gasteiger charge is -2.06. The molecule has 1 heterocycles. The maximum Gasteiger partial charge on any atom is 0.166 e. The summed E-state index contributed by atoms with van der Waals surface area (Å²) in [5, 5.41) is 9.26. The van der Waals surface area contributed by atoms with E-state index in [-0.39, 0.29) is 11.5 Å². The van der Waals surface area contributed by atoms with E-state index in [2.05, 4.69) is 9.97 Å². The molecule has 0 spiro atoms. The van der Waals surface area contributed by atoms with Crippen molar-refractivity contribution < 1.29 is 9.90 Å². The van der Waals surface area contributed by atoms with Crippen molar-refractivity contribution in [1.29, 1.82) is 0 Å². The first-order chi connectivity index (χ1) is 8.65. The van der Waals surface area contributed by atoms with Crippen molar-refractivity contribution in [3.05, 3.63) is 41.2 Å². The summed E-state index contributed by atoms with van der Waals surface area (Å²) in [4.78, 5) is 20.5. The van der Waals surface area contributed by atoms with Gasteiger partial charge in [-0.05, 0) is 37.6 Å². The van der Waals surface area contributed by atoms with E-state index < -0.39 is 0 Å². The van der Waals surface area contributed by atoms with Crippen LogP contribution in [0.1, 0.15) is 28.2 Å². The van der Waals surface area contributed by atoms with Gasteiger partial charge in [-0.15, -0.1) is 0 Å². The Morgan fingerprint density at radius 1 is 1.11 bits per heavy atom. The minimum absolute atomic E-state index is 0.139. The lowest BCUT2D eigenvalue weighted by Crippen LogP contribution is -2.02. The van der Waals surface area contributed by atoms with Crippen LogP contribution in [0, 0.1) is 6.92 Å². The van der Waals surface area contributed by atoms with E-state index in [1.807, 2.05) is 6.92 Å². The largest absolute Gasteiger partial charge is 0.508 e. The van der Waals surface area contributed by atoms with E-state index in [1.54, 1.807) is 24.3 Å². The molecule has 18 heavy (non-hydrogen) atoms. The summed E-state index contributed by atoms with van der Waals surface area (Å²) in [5.41, 5.74) is 3.12. The highest BCUT2D eigenvalue weighted by atomic mass is 16.3. The quantitative estimate of drug-likeness (QED) is 0.830.